The second-order valence-corrected chi connectivity index (χ2v) is 6.20. The van der Waals surface area contributed by atoms with Crippen LogP contribution in [-0.2, 0) is 4.79 Å². The minimum atomic E-state index is -0.502. The average molecular weight is 281 g/mol. The summed E-state index contributed by atoms with van der Waals surface area (Å²) in [5, 5.41) is 0. The molecule has 0 aliphatic carbocycles. The van der Waals surface area contributed by atoms with E-state index in [9.17, 15) is 4.79 Å². The highest BCUT2D eigenvalue weighted by Gasteiger charge is 2.23. The zero-order chi connectivity index (χ0) is 14.6. The van der Waals surface area contributed by atoms with E-state index in [1.807, 2.05) is 4.90 Å². The SMILES string of the molecule is CCCCCCCCCCCC([NH])C(=O)N1CCCC1. The number of rotatable bonds is 11. The van der Waals surface area contributed by atoms with Crippen LogP contribution in [0.4, 0.5) is 0 Å². The molecule has 1 heterocycles. The number of carbonyl (C=O) groups is 1. The fourth-order valence-electron chi connectivity index (χ4n) is 2.94. The smallest absolute Gasteiger partial charge is 0.241 e. The fraction of sp³-hybridized carbons (Fsp3) is 0.941. The number of hydrogen-bond donors (Lipinski definition) is 0. The Morgan fingerprint density at radius 2 is 1.45 bits per heavy atom. The molecule has 0 spiro atoms. The average Bonchev–Trinajstić information content (AvgIpc) is 2.98. The van der Waals surface area contributed by atoms with Crippen LogP contribution in [0.15, 0.2) is 0 Å². The normalized spacial score (nSPS) is 16.6. The van der Waals surface area contributed by atoms with Gasteiger partial charge >= 0.3 is 0 Å². The molecule has 0 aromatic carbocycles. The molecule has 1 aliphatic rings. The van der Waals surface area contributed by atoms with Crippen molar-refractivity contribution in [2.45, 2.75) is 90.0 Å². The first-order chi connectivity index (χ1) is 9.75. The van der Waals surface area contributed by atoms with E-state index in [1.165, 1.54) is 51.4 Å². The molecule has 1 atom stereocenters. The number of amides is 1. The quantitative estimate of drug-likeness (QED) is 0.524. The van der Waals surface area contributed by atoms with E-state index >= 15 is 0 Å². The lowest BCUT2D eigenvalue weighted by Gasteiger charge is -2.19. The summed E-state index contributed by atoms with van der Waals surface area (Å²) < 4.78 is 0. The van der Waals surface area contributed by atoms with Gasteiger partial charge in [0.15, 0.2) is 0 Å². The van der Waals surface area contributed by atoms with E-state index in [-0.39, 0.29) is 5.91 Å². The van der Waals surface area contributed by atoms with Crippen LogP contribution in [-0.4, -0.2) is 29.9 Å². The van der Waals surface area contributed by atoms with E-state index in [0.717, 1.165) is 38.8 Å². The van der Waals surface area contributed by atoms with Gasteiger partial charge in [0, 0.05) is 13.1 Å². The number of nitrogens with zero attached hydrogens (tertiary/aromatic N) is 1. The largest absolute Gasteiger partial charge is 0.341 e. The van der Waals surface area contributed by atoms with Crippen LogP contribution in [0.25, 0.3) is 0 Å². The van der Waals surface area contributed by atoms with Gasteiger partial charge in [-0.1, -0.05) is 64.7 Å². The molecule has 1 rings (SSSR count). The van der Waals surface area contributed by atoms with Crippen LogP contribution in [0.2, 0.25) is 0 Å². The Kier molecular flexibility index (Phi) is 9.73. The van der Waals surface area contributed by atoms with Crippen LogP contribution in [0.5, 0.6) is 0 Å². The molecule has 20 heavy (non-hydrogen) atoms. The summed E-state index contributed by atoms with van der Waals surface area (Å²) in [6.45, 7) is 4.01. The molecule has 3 heteroatoms. The van der Waals surface area contributed by atoms with Gasteiger partial charge in [0.05, 0.1) is 0 Å². The van der Waals surface area contributed by atoms with Crippen molar-refractivity contribution >= 4 is 5.91 Å². The molecule has 0 aromatic rings. The van der Waals surface area contributed by atoms with Gasteiger partial charge in [0.25, 0.3) is 0 Å². The molecule has 3 nitrogen and oxygen atoms in total. The molecule has 0 bridgehead atoms. The highest BCUT2D eigenvalue weighted by atomic mass is 16.2. The van der Waals surface area contributed by atoms with Gasteiger partial charge < -0.3 is 4.90 Å². The predicted octanol–water partition coefficient (Wildman–Crippen LogP) is 4.18. The van der Waals surface area contributed by atoms with Gasteiger partial charge in [-0.3, -0.25) is 4.79 Å². The summed E-state index contributed by atoms with van der Waals surface area (Å²) in [5.74, 6) is 0.0714. The van der Waals surface area contributed by atoms with Crippen LogP contribution in [0.1, 0.15) is 84.0 Å². The number of nitrogens with one attached hydrogen (secondary N) is 1. The summed E-state index contributed by atoms with van der Waals surface area (Å²) >= 11 is 0. The fourth-order valence-corrected chi connectivity index (χ4v) is 2.94. The monoisotopic (exact) mass is 281 g/mol. The minimum absolute atomic E-state index is 0.0714. The molecular weight excluding hydrogens is 248 g/mol. The zero-order valence-electron chi connectivity index (χ0n) is 13.3. The summed E-state index contributed by atoms with van der Waals surface area (Å²) in [6.07, 6.45) is 14.6. The van der Waals surface area contributed by atoms with Crippen molar-refractivity contribution in [3.8, 4) is 0 Å². The third kappa shape index (κ3) is 7.28. The summed E-state index contributed by atoms with van der Waals surface area (Å²) in [4.78, 5) is 13.8. The minimum Gasteiger partial charge on any atom is -0.341 e. The first-order valence-electron chi connectivity index (χ1n) is 8.75. The van der Waals surface area contributed by atoms with Crippen LogP contribution in [0.3, 0.4) is 0 Å². The molecule has 1 radical (unpaired) electrons. The van der Waals surface area contributed by atoms with Crippen molar-refractivity contribution in [1.82, 2.24) is 10.6 Å². The molecule has 1 N–H and O–H groups in total. The van der Waals surface area contributed by atoms with E-state index in [4.69, 9.17) is 5.73 Å². The van der Waals surface area contributed by atoms with Crippen LogP contribution >= 0.6 is 0 Å². The summed E-state index contributed by atoms with van der Waals surface area (Å²) in [6, 6.07) is -0.502. The Labute approximate surface area is 125 Å². The van der Waals surface area contributed by atoms with Crippen molar-refractivity contribution in [3.63, 3.8) is 0 Å². The predicted molar refractivity (Wildman–Crippen MR) is 84.5 cm³/mol. The standard InChI is InChI=1S/C17H33N2O/c1-2-3-4-5-6-7-8-9-10-13-16(18)17(20)19-14-11-12-15-19/h16,18H,2-15H2,1H3. The molecule has 1 amide bonds. The second kappa shape index (κ2) is 11.1. The van der Waals surface area contributed by atoms with Crippen molar-refractivity contribution in [2.24, 2.45) is 0 Å². The van der Waals surface area contributed by atoms with Gasteiger partial charge in [-0.2, -0.15) is 0 Å². The van der Waals surface area contributed by atoms with Gasteiger partial charge in [-0.15, -0.1) is 0 Å². The van der Waals surface area contributed by atoms with E-state index in [0.29, 0.717) is 0 Å². The van der Waals surface area contributed by atoms with Crippen molar-refractivity contribution in [1.29, 1.82) is 0 Å². The third-order valence-electron chi connectivity index (χ3n) is 4.31. The van der Waals surface area contributed by atoms with Gasteiger partial charge in [0.2, 0.25) is 5.91 Å². The maximum atomic E-state index is 12.0. The lowest BCUT2D eigenvalue weighted by molar-refractivity contribution is -0.131. The maximum Gasteiger partial charge on any atom is 0.241 e. The van der Waals surface area contributed by atoms with Gasteiger partial charge in [0.1, 0.15) is 6.04 Å². The molecule has 117 valence electrons. The molecule has 1 fully saturated rings. The molecular formula is C17H33N2O. The maximum absolute atomic E-state index is 12.0. The first kappa shape index (κ1) is 17.5. The Morgan fingerprint density at radius 3 is 2.00 bits per heavy atom. The van der Waals surface area contributed by atoms with Crippen LogP contribution < -0.4 is 5.73 Å². The molecule has 0 saturated carbocycles. The van der Waals surface area contributed by atoms with Crippen molar-refractivity contribution < 1.29 is 4.79 Å². The molecule has 1 unspecified atom stereocenters. The molecule has 1 aliphatic heterocycles. The Hall–Kier alpha value is -0.570. The highest BCUT2D eigenvalue weighted by Crippen LogP contribution is 2.14. The van der Waals surface area contributed by atoms with Crippen LogP contribution in [0, 0.1) is 0 Å². The Balaban J connectivity index is 1.91. The van der Waals surface area contributed by atoms with E-state index in [2.05, 4.69) is 6.92 Å². The molecule has 1 saturated heterocycles. The first-order valence-corrected chi connectivity index (χ1v) is 8.75. The van der Waals surface area contributed by atoms with Crippen molar-refractivity contribution in [3.05, 3.63) is 0 Å². The second-order valence-electron chi connectivity index (χ2n) is 6.20. The lowest BCUT2D eigenvalue weighted by atomic mass is 10.0. The van der Waals surface area contributed by atoms with E-state index < -0.39 is 6.04 Å². The van der Waals surface area contributed by atoms with Crippen molar-refractivity contribution in [2.75, 3.05) is 13.1 Å². The molecule has 0 aromatic heterocycles. The topological polar surface area (TPSA) is 44.1 Å². The highest BCUT2D eigenvalue weighted by molar-refractivity contribution is 5.81. The number of likely N-dealkylation sites (tertiary alicyclic amines) is 1. The number of hydrogen-bond acceptors (Lipinski definition) is 1. The summed E-state index contributed by atoms with van der Waals surface area (Å²) in [7, 11) is 0. The Morgan fingerprint density at radius 1 is 0.950 bits per heavy atom. The third-order valence-corrected chi connectivity index (χ3v) is 4.31. The Bertz CT molecular complexity index is 249. The number of unbranched alkanes of at least 4 members (excludes halogenated alkanes) is 8. The van der Waals surface area contributed by atoms with Gasteiger partial charge in [-0.25, -0.2) is 5.73 Å². The zero-order valence-corrected chi connectivity index (χ0v) is 13.3. The summed E-state index contributed by atoms with van der Waals surface area (Å²) in [5.41, 5.74) is 7.94. The number of carbonyl (C=O) groups excluding carboxylic acids is 1. The van der Waals surface area contributed by atoms with E-state index in [1.54, 1.807) is 0 Å². The van der Waals surface area contributed by atoms with Gasteiger partial charge in [-0.05, 0) is 19.3 Å². The lowest BCUT2D eigenvalue weighted by Crippen LogP contribution is -2.37.